The van der Waals surface area contributed by atoms with Crippen LogP contribution in [0.1, 0.15) is 44.9 Å². The first kappa shape index (κ1) is 14.1. The van der Waals surface area contributed by atoms with Crippen molar-refractivity contribution in [3.8, 4) is 0 Å². The molecule has 0 radical (unpaired) electrons. The van der Waals surface area contributed by atoms with Crippen LogP contribution in [0.5, 0.6) is 0 Å². The van der Waals surface area contributed by atoms with Crippen LogP contribution in [0, 0.1) is 0 Å². The van der Waals surface area contributed by atoms with Gasteiger partial charge in [0.2, 0.25) is 5.91 Å². The van der Waals surface area contributed by atoms with E-state index >= 15 is 0 Å². The van der Waals surface area contributed by atoms with Crippen molar-refractivity contribution in [3.05, 3.63) is 36.1 Å². The van der Waals surface area contributed by atoms with Gasteiger partial charge in [-0.15, -0.1) is 0 Å². The Bertz CT molecular complexity index is 608. The molecular formula is C17H22N2O2. The lowest BCUT2D eigenvalue weighted by Crippen LogP contribution is -2.57. The number of nitrogens with one attached hydrogen (secondary N) is 2. The highest BCUT2D eigenvalue weighted by Gasteiger charge is 2.35. The zero-order valence-electron chi connectivity index (χ0n) is 12.6. The lowest BCUT2D eigenvalue weighted by atomic mass is 9.90. The molecule has 112 valence electrons. The van der Waals surface area contributed by atoms with Gasteiger partial charge in [0.15, 0.2) is 0 Å². The lowest BCUT2D eigenvalue weighted by Gasteiger charge is -2.34. The number of carbonyl (C=O) groups is 1. The lowest BCUT2D eigenvalue weighted by molar-refractivity contribution is -0.128. The number of furan rings is 1. The highest BCUT2D eigenvalue weighted by molar-refractivity contribution is 5.86. The fourth-order valence-electron chi connectivity index (χ4n) is 2.89. The highest BCUT2D eigenvalue weighted by atomic mass is 16.3. The molecule has 4 heteroatoms. The Morgan fingerprint density at radius 1 is 1.38 bits per heavy atom. The maximum Gasteiger partial charge on any atom is 0.240 e. The SMILES string of the molecule is CC(NC(=O)C1(C)CCCCN1)c1cc2ccccc2o1. The van der Waals surface area contributed by atoms with Crippen LogP contribution in [0.15, 0.2) is 34.7 Å². The minimum atomic E-state index is -0.460. The topological polar surface area (TPSA) is 54.3 Å². The Labute approximate surface area is 124 Å². The zero-order valence-corrected chi connectivity index (χ0v) is 12.6. The molecule has 3 rings (SSSR count). The van der Waals surface area contributed by atoms with E-state index < -0.39 is 5.54 Å². The molecule has 1 saturated heterocycles. The number of hydrogen-bond acceptors (Lipinski definition) is 3. The molecule has 1 aromatic heterocycles. The highest BCUT2D eigenvalue weighted by Crippen LogP contribution is 2.25. The quantitative estimate of drug-likeness (QED) is 0.911. The van der Waals surface area contributed by atoms with Gasteiger partial charge in [-0.25, -0.2) is 0 Å². The van der Waals surface area contributed by atoms with E-state index in [1.165, 1.54) is 0 Å². The first-order valence-corrected chi connectivity index (χ1v) is 7.63. The van der Waals surface area contributed by atoms with Crippen molar-refractivity contribution in [1.29, 1.82) is 0 Å². The normalized spacial score (nSPS) is 23.9. The number of benzene rings is 1. The molecule has 1 amide bonds. The second-order valence-corrected chi connectivity index (χ2v) is 6.10. The maximum absolute atomic E-state index is 12.5. The van der Waals surface area contributed by atoms with Crippen molar-refractivity contribution in [2.45, 2.75) is 44.7 Å². The largest absolute Gasteiger partial charge is 0.459 e. The van der Waals surface area contributed by atoms with E-state index in [0.29, 0.717) is 0 Å². The molecule has 1 fully saturated rings. The van der Waals surface area contributed by atoms with Gasteiger partial charge in [-0.3, -0.25) is 4.79 Å². The van der Waals surface area contributed by atoms with Crippen LogP contribution in [-0.2, 0) is 4.79 Å². The van der Waals surface area contributed by atoms with Gasteiger partial charge in [0, 0.05) is 5.39 Å². The van der Waals surface area contributed by atoms with Gasteiger partial charge in [-0.1, -0.05) is 18.2 Å². The second kappa shape index (κ2) is 5.53. The molecule has 1 aliphatic rings. The predicted molar refractivity (Wildman–Crippen MR) is 83.0 cm³/mol. The summed E-state index contributed by atoms with van der Waals surface area (Å²) in [6.45, 7) is 4.84. The van der Waals surface area contributed by atoms with Crippen LogP contribution in [0.25, 0.3) is 11.0 Å². The smallest absolute Gasteiger partial charge is 0.240 e. The Morgan fingerprint density at radius 2 is 2.19 bits per heavy atom. The van der Waals surface area contributed by atoms with E-state index in [9.17, 15) is 4.79 Å². The number of fused-ring (bicyclic) bond motifs is 1. The van der Waals surface area contributed by atoms with Gasteiger partial charge in [-0.05, 0) is 51.8 Å². The third kappa shape index (κ3) is 2.81. The van der Waals surface area contributed by atoms with Gasteiger partial charge >= 0.3 is 0 Å². The van der Waals surface area contributed by atoms with Gasteiger partial charge in [0.05, 0.1) is 11.6 Å². The second-order valence-electron chi connectivity index (χ2n) is 6.10. The van der Waals surface area contributed by atoms with Gasteiger partial charge < -0.3 is 15.1 Å². The third-order valence-corrected chi connectivity index (χ3v) is 4.34. The molecule has 4 nitrogen and oxygen atoms in total. The summed E-state index contributed by atoms with van der Waals surface area (Å²) >= 11 is 0. The van der Waals surface area contributed by atoms with E-state index in [2.05, 4.69) is 10.6 Å². The fourth-order valence-corrected chi connectivity index (χ4v) is 2.89. The molecule has 0 aliphatic carbocycles. The number of carbonyl (C=O) groups excluding carboxylic acids is 1. The van der Waals surface area contributed by atoms with E-state index in [4.69, 9.17) is 4.42 Å². The standard InChI is InChI=1S/C17H22N2O2/c1-12(15-11-13-7-3-4-8-14(13)21-15)19-16(20)17(2)9-5-6-10-18-17/h3-4,7-8,11-12,18H,5-6,9-10H2,1-2H3,(H,19,20). The van der Waals surface area contributed by atoms with Gasteiger partial charge in [0.1, 0.15) is 11.3 Å². The monoisotopic (exact) mass is 286 g/mol. The Balaban J connectivity index is 1.73. The van der Waals surface area contributed by atoms with Crippen LogP contribution in [0.3, 0.4) is 0 Å². The van der Waals surface area contributed by atoms with Crippen molar-refractivity contribution in [3.63, 3.8) is 0 Å². The summed E-state index contributed by atoms with van der Waals surface area (Å²) in [6, 6.07) is 9.75. The first-order chi connectivity index (χ1) is 10.1. The average Bonchev–Trinajstić information content (AvgIpc) is 2.92. The summed E-state index contributed by atoms with van der Waals surface area (Å²) in [6.07, 6.45) is 3.11. The number of piperidine rings is 1. The average molecular weight is 286 g/mol. The first-order valence-electron chi connectivity index (χ1n) is 7.63. The summed E-state index contributed by atoms with van der Waals surface area (Å²) in [7, 11) is 0. The van der Waals surface area contributed by atoms with Crippen molar-refractivity contribution >= 4 is 16.9 Å². The van der Waals surface area contributed by atoms with Crippen LogP contribution in [-0.4, -0.2) is 18.0 Å². The Kier molecular flexibility index (Phi) is 3.72. The van der Waals surface area contributed by atoms with Gasteiger partial charge in [-0.2, -0.15) is 0 Å². The van der Waals surface area contributed by atoms with E-state index in [0.717, 1.165) is 42.5 Å². The summed E-state index contributed by atoms with van der Waals surface area (Å²) in [4.78, 5) is 12.5. The number of rotatable bonds is 3. The van der Waals surface area contributed by atoms with E-state index in [1.54, 1.807) is 0 Å². The summed E-state index contributed by atoms with van der Waals surface area (Å²) in [5.41, 5.74) is 0.397. The molecule has 1 aliphatic heterocycles. The number of amides is 1. The molecule has 2 N–H and O–H groups in total. The summed E-state index contributed by atoms with van der Waals surface area (Å²) in [5.74, 6) is 0.846. The van der Waals surface area contributed by atoms with Crippen LogP contribution in [0.2, 0.25) is 0 Å². The van der Waals surface area contributed by atoms with E-state index in [-0.39, 0.29) is 11.9 Å². The van der Waals surface area contributed by atoms with Crippen LogP contribution in [0.4, 0.5) is 0 Å². The van der Waals surface area contributed by atoms with Crippen molar-refractivity contribution < 1.29 is 9.21 Å². The fraction of sp³-hybridized carbons (Fsp3) is 0.471. The van der Waals surface area contributed by atoms with Crippen molar-refractivity contribution in [1.82, 2.24) is 10.6 Å². The molecule has 2 aromatic rings. The molecule has 2 heterocycles. The third-order valence-electron chi connectivity index (χ3n) is 4.34. The van der Waals surface area contributed by atoms with Gasteiger partial charge in [0.25, 0.3) is 0 Å². The van der Waals surface area contributed by atoms with Crippen molar-refractivity contribution in [2.24, 2.45) is 0 Å². The molecular weight excluding hydrogens is 264 g/mol. The molecule has 2 unspecified atom stereocenters. The minimum Gasteiger partial charge on any atom is -0.459 e. The molecule has 21 heavy (non-hydrogen) atoms. The molecule has 1 aromatic carbocycles. The molecule has 0 saturated carbocycles. The molecule has 0 spiro atoms. The molecule has 2 atom stereocenters. The van der Waals surface area contributed by atoms with Crippen LogP contribution < -0.4 is 10.6 Å². The maximum atomic E-state index is 12.5. The number of para-hydroxylation sites is 1. The predicted octanol–water partition coefficient (Wildman–Crippen LogP) is 3.14. The van der Waals surface area contributed by atoms with Crippen LogP contribution >= 0.6 is 0 Å². The summed E-state index contributed by atoms with van der Waals surface area (Å²) < 4.78 is 5.82. The van der Waals surface area contributed by atoms with Crippen molar-refractivity contribution in [2.75, 3.05) is 6.54 Å². The summed E-state index contributed by atoms with van der Waals surface area (Å²) in [5, 5.41) is 7.47. The zero-order chi connectivity index (χ0) is 14.9. The number of hydrogen-bond donors (Lipinski definition) is 2. The molecule has 0 bridgehead atoms. The van der Waals surface area contributed by atoms with E-state index in [1.807, 2.05) is 44.2 Å². The minimum absolute atomic E-state index is 0.0511. The Morgan fingerprint density at radius 3 is 2.90 bits per heavy atom. The Hall–Kier alpha value is -1.81.